The van der Waals surface area contributed by atoms with E-state index < -0.39 is 0 Å². The lowest BCUT2D eigenvalue weighted by Crippen LogP contribution is -2.12. The average Bonchev–Trinajstić information content (AvgIpc) is 2.71. The summed E-state index contributed by atoms with van der Waals surface area (Å²) >= 11 is 0. The Kier molecular flexibility index (Phi) is 4.97. The van der Waals surface area contributed by atoms with E-state index in [2.05, 4.69) is 91.8 Å². The first kappa shape index (κ1) is 18.7. The van der Waals surface area contributed by atoms with Gasteiger partial charge in [0.25, 0.3) is 0 Å². The Balaban J connectivity index is 2.27. The molecule has 0 heterocycles. The van der Waals surface area contributed by atoms with Gasteiger partial charge in [-0.1, -0.05) is 71.1 Å². The van der Waals surface area contributed by atoms with E-state index >= 15 is 0 Å². The summed E-state index contributed by atoms with van der Waals surface area (Å²) in [7, 11) is 0. The van der Waals surface area contributed by atoms with Crippen LogP contribution in [0.5, 0.6) is 0 Å². The van der Waals surface area contributed by atoms with Crippen LogP contribution in [0.15, 0.2) is 58.7 Å². The smallest absolute Gasteiger partial charge is 0.0311 e. The van der Waals surface area contributed by atoms with Crippen LogP contribution in [0.25, 0.3) is 0 Å². The maximum absolute atomic E-state index is 2.38. The average molecular weight is 345 g/mol. The van der Waals surface area contributed by atoms with Crippen molar-refractivity contribution in [1.29, 1.82) is 0 Å². The monoisotopic (exact) mass is 344 g/mol. The topological polar surface area (TPSA) is 0 Å². The molecule has 136 valence electrons. The van der Waals surface area contributed by atoms with Gasteiger partial charge in [0.1, 0.15) is 0 Å². The van der Waals surface area contributed by atoms with Crippen LogP contribution in [0.4, 0.5) is 0 Å². The number of hydrogen-bond acceptors (Lipinski definition) is 0. The van der Waals surface area contributed by atoms with Crippen molar-refractivity contribution in [2.45, 2.75) is 61.3 Å². The van der Waals surface area contributed by atoms with Crippen molar-refractivity contribution in [2.75, 3.05) is 0 Å². The quantitative estimate of drug-likeness (QED) is 0.546. The van der Waals surface area contributed by atoms with E-state index in [-0.39, 0.29) is 0 Å². The SMILES string of the molecule is CC1=C(C)C(C)C(C(c2cc(C)cc(C)c2)c2cc(C)cc(C)c2)=C1C. The molecule has 0 spiro atoms. The largest absolute Gasteiger partial charge is 0.0632 e. The molecule has 0 bridgehead atoms. The summed E-state index contributed by atoms with van der Waals surface area (Å²) in [6.45, 7) is 18.1. The Morgan fingerprint density at radius 3 is 1.27 bits per heavy atom. The molecule has 0 N–H and O–H groups in total. The van der Waals surface area contributed by atoms with Gasteiger partial charge < -0.3 is 0 Å². The van der Waals surface area contributed by atoms with Gasteiger partial charge >= 0.3 is 0 Å². The van der Waals surface area contributed by atoms with Crippen molar-refractivity contribution >= 4 is 0 Å². The Bertz CT molecular complexity index is 829. The summed E-state index contributed by atoms with van der Waals surface area (Å²) < 4.78 is 0. The second kappa shape index (κ2) is 6.91. The Morgan fingerprint density at radius 1 is 0.577 bits per heavy atom. The van der Waals surface area contributed by atoms with Gasteiger partial charge in [-0.2, -0.15) is 0 Å². The highest BCUT2D eigenvalue weighted by molar-refractivity contribution is 5.56. The van der Waals surface area contributed by atoms with Gasteiger partial charge in [-0.25, -0.2) is 0 Å². The molecule has 1 unspecified atom stereocenters. The molecule has 0 heteroatoms. The Hall–Kier alpha value is -2.08. The van der Waals surface area contributed by atoms with Crippen molar-refractivity contribution < 1.29 is 0 Å². The minimum Gasteiger partial charge on any atom is -0.0632 e. The van der Waals surface area contributed by atoms with Crippen molar-refractivity contribution in [3.05, 3.63) is 92.1 Å². The van der Waals surface area contributed by atoms with Crippen LogP contribution >= 0.6 is 0 Å². The Morgan fingerprint density at radius 2 is 0.962 bits per heavy atom. The van der Waals surface area contributed by atoms with Crippen molar-refractivity contribution in [2.24, 2.45) is 5.92 Å². The molecule has 0 saturated carbocycles. The second-order valence-electron chi connectivity index (χ2n) is 8.39. The molecule has 1 aliphatic rings. The zero-order valence-corrected chi connectivity index (χ0v) is 17.6. The van der Waals surface area contributed by atoms with E-state index in [0.29, 0.717) is 11.8 Å². The van der Waals surface area contributed by atoms with Crippen LogP contribution in [0.2, 0.25) is 0 Å². The van der Waals surface area contributed by atoms with Crippen LogP contribution in [0, 0.1) is 33.6 Å². The fraction of sp³-hybridized carbons (Fsp3) is 0.385. The summed E-state index contributed by atoms with van der Waals surface area (Å²) in [6, 6.07) is 14.1. The summed E-state index contributed by atoms with van der Waals surface area (Å²) in [5.41, 5.74) is 14.3. The fourth-order valence-corrected chi connectivity index (χ4v) is 4.77. The zero-order valence-electron chi connectivity index (χ0n) is 17.6. The zero-order chi connectivity index (χ0) is 19.2. The highest BCUT2D eigenvalue weighted by Gasteiger charge is 2.31. The van der Waals surface area contributed by atoms with Gasteiger partial charge in [0.05, 0.1) is 0 Å². The van der Waals surface area contributed by atoms with Crippen LogP contribution < -0.4 is 0 Å². The Labute approximate surface area is 159 Å². The van der Waals surface area contributed by atoms with E-state index in [1.165, 1.54) is 50.1 Å². The fourth-order valence-electron chi connectivity index (χ4n) is 4.77. The normalized spacial score (nSPS) is 17.7. The molecule has 26 heavy (non-hydrogen) atoms. The second-order valence-corrected chi connectivity index (χ2v) is 8.39. The molecule has 2 aromatic rings. The maximum Gasteiger partial charge on any atom is 0.0311 e. The summed E-state index contributed by atoms with van der Waals surface area (Å²) in [4.78, 5) is 0. The van der Waals surface area contributed by atoms with Gasteiger partial charge in [-0.05, 0) is 82.2 Å². The summed E-state index contributed by atoms with van der Waals surface area (Å²) in [6.07, 6.45) is 0. The van der Waals surface area contributed by atoms with Crippen molar-refractivity contribution in [3.8, 4) is 0 Å². The highest BCUT2D eigenvalue weighted by atomic mass is 14.4. The third-order valence-electron chi connectivity index (χ3n) is 6.17. The molecular formula is C26H32. The van der Waals surface area contributed by atoms with Crippen LogP contribution in [0.1, 0.15) is 67.0 Å². The predicted molar refractivity (Wildman–Crippen MR) is 114 cm³/mol. The first-order chi connectivity index (χ1) is 12.2. The van der Waals surface area contributed by atoms with Crippen LogP contribution in [-0.2, 0) is 0 Å². The van der Waals surface area contributed by atoms with E-state index in [9.17, 15) is 0 Å². The lowest BCUT2D eigenvalue weighted by atomic mass is 9.77. The minimum absolute atomic E-state index is 0.328. The third-order valence-corrected chi connectivity index (χ3v) is 6.17. The molecule has 1 aliphatic carbocycles. The van der Waals surface area contributed by atoms with Crippen LogP contribution in [0.3, 0.4) is 0 Å². The first-order valence-corrected chi connectivity index (χ1v) is 9.73. The summed E-state index contributed by atoms with van der Waals surface area (Å²) in [5, 5.41) is 0. The van der Waals surface area contributed by atoms with E-state index in [1.807, 2.05) is 0 Å². The molecule has 1 atom stereocenters. The minimum atomic E-state index is 0.328. The van der Waals surface area contributed by atoms with Crippen LogP contribution in [-0.4, -0.2) is 0 Å². The highest BCUT2D eigenvalue weighted by Crippen LogP contribution is 2.47. The molecule has 0 nitrogen and oxygen atoms in total. The van der Waals surface area contributed by atoms with Gasteiger partial charge in [0.15, 0.2) is 0 Å². The lowest BCUT2D eigenvalue weighted by molar-refractivity contribution is 0.734. The number of allylic oxidation sites excluding steroid dienone is 4. The molecular weight excluding hydrogens is 312 g/mol. The third kappa shape index (κ3) is 3.30. The number of aryl methyl sites for hydroxylation is 4. The first-order valence-electron chi connectivity index (χ1n) is 9.73. The van der Waals surface area contributed by atoms with Gasteiger partial charge in [-0.3, -0.25) is 0 Å². The van der Waals surface area contributed by atoms with E-state index in [1.54, 1.807) is 5.57 Å². The van der Waals surface area contributed by atoms with Gasteiger partial charge in [0.2, 0.25) is 0 Å². The maximum atomic E-state index is 2.38. The van der Waals surface area contributed by atoms with Gasteiger partial charge in [-0.15, -0.1) is 0 Å². The van der Waals surface area contributed by atoms with Gasteiger partial charge in [0, 0.05) is 5.92 Å². The molecule has 0 aromatic heterocycles. The molecule has 0 saturated heterocycles. The number of hydrogen-bond donors (Lipinski definition) is 0. The van der Waals surface area contributed by atoms with Crippen molar-refractivity contribution in [1.82, 2.24) is 0 Å². The molecule has 0 aliphatic heterocycles. The molecule has 0 radical (unpaired) electrons. The molecule has 2 aromatic carbocycles. The summed E-state index contributed by atoms with van der Waals surface area (Å²) in [5.74, 6) is 0.830. The van der Waals surface area contributed by atoms with E-state index in [0.717, 1.165) is 0 Å². The van der Waals surface area contributed by atoms with E-state index in [4.69, 9.17) is 0 Å². The van der Waals surface area contributed by atoms with Crippen molar-refractivity contribution in [3.63, 3.8) is 0 Å². The standard InChI is InChI=1S/C26H32/c1-15-9-16(2)12-23(11-15)26(24-13-17(3)10-18(4)14-24)25-21(7)19(5)20(6)22(25)8/h9-14,21,26H,1-8H3. The number of rotatable bonds is 3. The predicted octanol–water partition coefficient (Wildman–Crippen LogP) is 7.35. The lowest BCUT2D eigenvalue weighted by Gasteiger charge is -2.27. The number of benzene rings is 2. The molecule has 0 fully saturated rings. The molecule has 3 rings (SSSR count). The molecule has 0 amide bonds.